The molecule has 0 saturated carbocycles. The molecule has 0 spiro atoms. The molecular formula is C15H24ClIN4O2S. The molecule has 1 aromatic carbocycles. The summed E-state index contributed by atoms with van der Waals surface area (Å²) >= 11 is 5.96. The van der Waals surface area contributed by atoms with E-state index in [1.165, 1.54) is 4.31 Å². The van der Waals surface area contributed by atoms with Gasteiger partial charge in [0, 0.05) is 31.2 Å². The molecule has 0 aliphatic carbocycles. The Kier molecular flexibility index (Phi) is 9.32. The number of nitrogens with zero attached hydrogens (tertiary/aromatic N) is 2. The minimum Gasteiger partial charge on any atom is -0.357 e. The van der Waals surface area contributed by atoms with Gasteiger partial charge in [-0.05, 0) is 31.0 Å². The van der Waals surface area contributed by atoms with Crippen molar-refractivity contribution < 1.29 is 8.42 Å². The Morgan fingerprint density at radius 2 is 2.17 bits per heavy atom. The highest BCUT2D eigenvalue weighted by atomic mass is 127. The maximum Gasteiger partial charge on any atom is 0.214 e. The molecular weight excluding hydrogens is 463 g/mol. The largest absolute Gasteiger partial charge is 0.357 e. The summed E-state index contributed by atoms with van der Waals surface area (Å²) in [6, 6.07) is 7.57. The van der Waals surface area contributed by atoms with Crippen LogP contribution in [0, 0.1) is 0 Å². The van der Waals surface area contributed by atoms with E-state index in [9.17, 15) is 8.42 Å². The maximum absolute atomic E-state index is 11.7. The van der Waals surface area contributed by atoms with Crippen LogP contribution in [0.1, 0.15) is 18.9 Å². The van der Waals surface area contributed by atoms with Crippen molar-refractivity contribution in [2.75, 3.05) is 31.9 Å². The maximum atomic E-state index is 11.7. The Labute approximate surface area is 166 Å². The van der Waals surface area contributed by atoms with E-state index in [1.807, 2.05) is 31.2 Å². The number of aliphatic imine (C=N–C) groups is 1. The smallest absolute Gasteiger partial charge is 0.214 e. The van der Waals surface area contributed by atoms with Crippen LogP contribution < -0.4 is 10.6 Å². The lowest BCUT2D eigenvalue weighted by molar-refractivity contribution is 0.445. The Balaban J connectivity index is 0.00000288. The molecule has 0 bridgehead atoms. The van der Waals surface area contributed by atoms with Crippen LogP contribution in [0.4, 0.5) is 0 Å². The standard InChI is InChI=1S/C15H23ClN4O2S.HI/c1-2-17-15(19-12-13-5-3-6-14(16)11-13)18-7-9-20-8-4-10-23(20,21)22;/h3,5-6,11H,2,4,7-10,12H2,1H3,(H2,17,18,19);1H. The lowest BCUT2D eigenvalue weighted by atomic mass is 10.2. The Morgan fingerprint density at radius 3 is 2.79 bits per heavy atom. The summed E-state index contributed by atoms with van der Waals surface area (Å²) in [5.74, 6) is 0.930. The molecule has 0 amide bonds. The molecule has 0 unspecified atom stereocenters. The number of hydrogen-bond acceptors (Lipinski definition) is 3. The van der Waals surface area contributed by atoms with E-state index in [4.69, 9.17) is 11.6 Å². The van der Waals surface area contributed by atoms with Gasteiger partial charge < -0.3 is 10.6 Å². The SMILES string of the molecule is CCNC(=NCc1cccc(Cl)c1)NCCN1CCCS1(=O)=O.I. The molecule has 24 heavy (non-hydrogen) atoms. The van der Waals surface area contributed by atoms with E-state index in [2.05, 4.69) is 15.6 Å². The van der Waals surface area contributed by atoms with Crippen LogP contribution in [0.2, 0.25) is 5.02 Å². The Morgan fingerprint density at radius 1 is 1.38 bits per heavy atom. The van der Waals surface area contributed by atoms with E-state index in [0.717, 1.165) is 12.1 Å². The van der Waals surface area contributed by atoms with Crippen LogP contribution >= 0.6 is 35.6 Å². The summed E-state index contributed by atoms with van der Waals surface area (Å²) in [5.41, 5.74) is 1.02. The molecule has 0 atom stereocenters. The Hall–Kier alpha value is -0.580. The number of rotatable bonds is 6. The fourth-order valence-corrected chi connectivity index (χ4v) is 4.13. The van der Waals surface area contributed by atoms with Gasteiger partial charge in [0.15, 0.2) is 5.96 Å². The summed E-state index contributed by atoms with van der Waals surface area (Å²) < 4.78 is 25.0. The van der Waals surface area contributed by atoms with E-state index >= 15 is 0 Å². The van der Waals surface area contributed by atoms with Gasteiger partial charge in [-0.25, -0.2) is 17.7 Å². The third-order valence-corrected chi connectivity index (χ3v) is 5.70. The second-order valence-corrected chi connectivity index (χ2v) is 7.85. The number of benzene rings is 1. The first kappa shape index (κ1) is 21.5. The van der Waals surface area contributed by atoms with Crippen molar-refractivity contribution in [2.24, 2.45) is 4.99 Å². The zero-order valence-electron chi connectivity index (χ0n) is 13.7. The molecule has 1 fully saturated rings. The number of nitrogens with one attached hydrogen (secondary N) is 2. The fraction of sp³-hybridized carbons (Fsp3) is 0.533. The highest BCUT2D eigenvalue weighted by Gasteiger charge is 2.27. The van der Waals surface area contributed by atoms with Crippen LogP contribution in [0.15, 0.2) is 29.3 Å². The highest BCUT2D eigenvalue weighted by Crippen LogP contribution is 2.12. The van der Waals surface area contributed by atoms with Gasteiger partial charge in [0.05, 0.1) is 12.3 Å². The van der Waals surface area contributed by atoms with Gasteiger partial charge in [-0.1, -0.05) is 23.7 Å². The molecule has 0 radical (unpaired) electrons. The third-order valence-electron chi connectivity index (χ3n) is 3.51. The molecule has 1 aromatic rings. The monoisotopic (exact) mass is 486 g/mol. The highest BCUT2D eigenvalue weighted by molar-refractivity contribution is 14.0. The number of guanidine groups is 1. The average Bonchev–Trinajstić information content (AvgIpc) is 2.84. The number of halogens is 2. The molecule has 1 aliphatic heterocycles. The summed E-state index contributed by atoms with van der Waals surface area (Å²) in [6.45, 7) is 4.84. The van der Waals surface area contributed by atoms with E-state index in [-0.39, 0.29) is 29.7 Å². The fourth-order valence-electron chi connectivity index (χ4n) is 2.39. The average molecular weight is 487 g/mol. The topological polar surface area (TPSA) is 73.8 Å². The summed E-state index contributed by atoms with van der Waals surface area (Å²) in [5, 5.41) is 7.01. The predicted octanol–water partition coefficient (Wildman–Crippen LogP) is 2.05. The number of sulfonamides is 1. The molecule has 2 N–H and O–H groups in total. The van der Waals surface area contributed by atoms with Gasteiger partial charge in [0.2, 0.25) is 10.0 Å². The predicted molar refractivity (Wildman–Crippen MR) is 110 cm³/mol. The third kappa shape index (κ3) is 6.73. The van der Waals surface area contributed by atoms with Gasteiger partial charge in [-0.3, -0.25) is 0 Å². The van der Waals surface area contributed by atoms with Gasteiger partial charge >= 0.3 is 0 Å². The lowest BCUT2D eigenvalue weighted by Gasteiger charge is -2.16. The zero-order valence-corrected chi connectivity index (χ0v) is 17.6. The molecule has 1 saturated heterocycles. The van der Waals surface area contributed by atoms with Crippen LogP contribution in [0.5, 0.6) is 0 Å². The van der Waals surface area contributed by atoms with Gasteiger partial charge in [0.1, 0.15) is 0 Å². The van der Waals surface area contributed by atoms with Gasteiger partial charge in [-0.15, -0.1) is 24.0 Å². The van der Waals surface area contributed by atoms with E-state index < -0.39 is 10.0 Å². The van der Waals surface area contributed by atoms with Crippen LogP contribution in [-0.2, 0) is 16.6 Å². The van der Waals surface area contributed by atoms with Crippen molar-refractivity contribution in [2.45, 2.75) is 19.9 Å². The molecule has 136 valence electrons. The van der Waals surface area contributed by atoms with E-state index in [0.29, 0.717) is 43.6 Å². The first-order chi connectivity index (χ1) is 11.0. The van der Waals surface area contributed by atoms with Crippen molar-refractivity contribution in [3.05, 3.63) is 34.9 Å². The Bertz CT molecular complexity index is 655. The minimum absolute atomic E-state index is 0. The molecule has 1 aliphatic rings. The first-order valence-corrected chi connectivity index (χ1v) is 9.74. The second-order valence-electron chi connectivity index (χ2n) is 5.32. The summed E-state index contributed by atoms with van der Waals surface area (Å²) in [6.07, 6.45) is 0.714. The first-order valence-electron chi connectivity index (χ1n) is 7.75. The zero-order chi connectivity index (χ0) is 16.7. The molecule has 2 rings (SSSR count). The van der Waals surface area contributed by atoms with Crippen LogP contribution in [0.25, 0.3) is 0 Å². The quantitative estimate of drug-likeness (QED) is 0.367. The summed E-state index contributed by atoms with van der Waals surface area (Å²) in [7, 11) is -3.04. The van der Waals surface area contributed by atoms with Crippen molar-refractivity contribution in [3.63, 3.8) is 0 Å². The molecule has 1 heterocycles. The van der Waals surface area contributed by atoms with Crippen molar-refractivity contribution >= 4 is 51.6 Å². The van der Waals surface area contributed by atoms with Crippen molar-refractivity contribution in [1.82, 2.24) is 14.9 Å². The lowest BCUT2D eigenvalue weighted by Crippen LogP contribution is -2.42. The molecule has 0 aromatic heterocycles. The van der Waals surface area contributed by atoms with Crippen LogP contribution in [-0.4, -0.2) is 50.6 Å². The van der Waals surface area contributed by atoms with Crippen LogP contribution in [0.3, 0.4) is 0 Å². The number of hydrogen-bond donors (Lipinski definition) is 2. The van der Waals surface area contributed by atoms with Gasteiger partial charge in [-0.2, -0.15) is 0 Å². The van der Waals surface area contributed by atoms with Gasteiger partial charge in [0.25, 0.3) is 0 Å². The normalized spacial score (nSPS) is 17.3. The minimum atomic E-state index is -3.04. The van der Waals surface area contributed by atoms with Crippen molar-refractivity contribution in [3.8, 4) is 0 Å². The van der Waals surface area contributed by atoms with Crippen molar-refractivity contribution in [1.29, 1.82) is 0 Å². The molecule has 9 heteroatoms. The van der Waals surface area contributed by atoms with E-state index in [1.54, 1.807) is 0 Å². The molecule has 6 nitrogen and oxygen atoms in total. The second kappa shape index (κ2) is 10.4. The summed E-state index contributed by atoms with van der Waals surface area (Å²) in [4.78, 5) is 4.49.